The van der Waals surface area contributed by atoms with Crippen molar-refractivity contribution in [3.8, 4) is 0 Å². The summed E-state index contributed by atoms with van der Waals surface area (Å²) in [6, 6.07) is 8.81. The topological polar surface area (TPSA) is 41.5 Å². The van der Waals surface area contributed by atoms with Gasteiger partial charge in [0.15, 0.2) is 0 Å². The Hall–Kier alpha value is -0.900. The Bertz CT molecular complexity index is 386. The summed E-state index contributed by atoms with van der Waals surface area (Å²) in [6.45, 7) is 6.04. The van der Waals surface area contributed by atoms with Crippen LogP contribution in [0.2, 0.25) is 0 Å². The average Bonchev–Trinajstić information content (AvgIpc) is 2.77. The number of aliphatic hydroxyl groups is 1. The van der Waals surface area contributed by atoms with Crippen LogP contribution in [-0.4, -0.2) is 36.5 Å². The number of ether oxygens (including phenoxy) is 1. The molecule has 0 aliphatic carbocycles. The molecule has 3 nitrogen and oxygen atoms in total. The zero-order chi connectivity index (χ0) is 13.0. The first-order chi connectivity index (χ1) is 8.59. The molecule has 1 aliphatic rings. The molecule has 1 aliphatic heterocycles. The van der Waals surface area contributed by atoms with Crippen molar-refractivity contribution in [2.24, 2.45) is 0 Å². The number of hydrogen-bond donors (Lipinski definition) is 2. The number of aryl methyl sites for hydroxylation is 1. The zero-order valence-corrected chi connectivity index (χ0v) is 11.3. The maximum Gasteiger partial charge on any atom is 0.102 e. The SMILES string of the molecule is Cc1ccccc1C[C@@H](C)NC[C@@]1(O)CCOC1. The van der Waals surface area contributed by atoms with Gasteiger partial charge in [0.05, 0.1) is 6.61 Å². The highest BCUT2D eigenvalue weighted by Crippen LogP contribution is 2.17. The minimum Gasteiger partial charge on any atom is -0.386 e. The van der Waals surface area contributed by atoms with Gasteiger partial charge in [0, 0.05) is 25.6 Å². The lowest BCUT2D eigenvalue weighted by molar-refractivity contribution is 0.0252. The summed E-state index contributed by atoms with van der Waals surface area (Å²) in [5, 5.41) is 13.6. The summed E-state index contributed by atoms with van der Waals surface area (Å²) in [4.78, 5) is 0. The Labute approximate surface area is 109 Å². The third-order valence-electron chi connectivity index (χ3n) is 3.65. The van der Waals surface area contributed by atoms with Gasteiger partial charge < -0.3 is 15.2 Å². The molecule has 1 saturated heterocycles. The van der Waals surface area contributed by atoms with E-state index in [0.717, 1.165) is 12.8 Å². The summed E-state index contributed by atoms with van der Waals surface area (Å²) in [5.74, 6) is 0. The smallest absolute Gasteiger partial charge is 0.102 e. The van der Waals surface area contributed by atoms with E-state index in [0.29, 0.717) is 25.8 Å². The van der Waals surface area contributed by atoms with E-state index >= 15 is 0 Å². The molecule has 100 valence electrons. The van der Waals surface area contributed by atoms with Crippen molar-refractivity contribution < 1.29 is 9.84 Å². The molecule has 0 aromatic heterocycles. The number of nitrogens with one attached hydrogen (secondary N) is 1. The van der Waals surface area contributed by atoms with Crippen LogP contribution in [0.4, 0.5) is 0 Å². The van der Waals surface area contributed by atoms with Gasteiger partial charge in [0.2, 0.25) is 0 Å². The molecule has 0 bridgehead atoms. The summed E-state index contributed by atoms with van der Waals surface area (Å²) in [7, 11) is 0. The lowest BCUT2D eigenvalue weighted by atomic mass is 10.00. The molecule has 0 saturated carbocycles. The van der Waals surface area contributed by atoms with Crippen molar-refractivity contribution >= 4 is 0 Å². The molecular formula is C15H23NO2. The summed E-state index contributed by atoms with van der Waals surface area (Å²) in [6.07, 6.45) is 1.72. The quantitative estimate of drug-likeness (QED) is 0.834. The molecule has 2 atom stereocenters. The van der Waals surface area contributed by atoms with Gasteiger partial charge in [0.25, 0.3) is 0 Å². The molecule has 0 amide bonds. The first kappa shape index (κ1) is 13.5. The largest absolute Gasteiger partial charge is 0.386 e. The molecule has 0 unspecified atom stereocenters. The standard InChI is InChI=1S/C15H23NO2/c1-12-5-3-4-6-14(12)9-13(2)16-10-15(17)7-8-18-11-15/h3-6,13,16-17H,7-11H2,1-2H3/t13-,15+/m1/s1. The number of rotatable bonds is 5. The van der Waals surface area contributed by atoms with Crippen LogP contribution in [-0.2, 0) is 11.2 Å². The van der Waals surface area contributed by atoms with Crippen LogP contribution >= 0.6 is 0 Å². The van der Waals surface area contributed by atoms with Gasteiger partial charge >= 0.3 is 0 Å². The monoisotopic (exact) mass is 249 g/mol. The van der Waals surface area contributed by atoms with E-state index < -0.39 is 5.60 Å². The molecule has 1 fully saturated rings. The van der Waals surface area contributed by atoms with Crippen LogP contribution in [0.3, 0.4) is 0 Å². The first-order valence-electron chi connectivity index (χ1n) is 6.67. The Morgan fingerprint density at radius 1 is 1.44 bits per heavy atom. The van der Waals surface area contributed by atoms with E-state index in [2.05, 4.69) is 43.4 Å². The highest BCUT2D eigenvalue weighted by Gasteiger charge is 2.32. The van der Waals surface area contributed by atoms with Gasteiger partial charge in [-0.15, -0.1) is 0 Å². The number of hydrogen-bond acceptors (Lipinski definition) is 3. The Balaban J connectivity index is 1.82. The second kappa shape index (κ2) is 5.83. The fourth-order valence-electron chi connectivity index (χ4n) is 2.34. The Morgan fingerprint density at radius 2 is 2.22 bits per heavy atom. The Morgan fingerprint density at radius 3 is 2.89 bits per heavy atom. The molecule has 2 N–H and O–H groups in total. The zero-order valence-electron chi connectivity index (χ0n) is 11.3. The van der Waals surface area contributed by atoms with Gasteiger partial charge in [0.1, 0.15) is 5.60 Å². The lowest BCUT2D eigenvalue weighted by Gasteiger charge is -2.24. The molecule has 1 aromatic rings. The van der Waals surface area contributed by atoms with Gasteiger partial charge in [-0.05, 0) is 31.4 Å². The van der Waals surface area contributed by atoms with E-state index in [-0.39, 0.29) is 0 Å². The van der Waals surface area contributed by atoms with Crippen LogP contribution in [0, 0.1) is 6.92 Å². The van der Waals surface area contributed by atoms with E-state index in [1.165, 1.54) is 11.1 Å². The molecule has 1 aromatic carbocycles. The predicted molar refractivity (Wildman–Crippen MR) is 72.7 cm³/mol. The van der Waals surface area contributed by atoms with Crippen LogP contribution in [0.25, 0.3) is 0 Å². The Kier molecular flexibility index (Phi) is 4.38. The molecule has 3 heteroatoms. The third-order valence-corrected chi connectivity index (χ3v) is 3.65. The maximum atomic E-state index is 10.2. The van der Waals surface area contributed by atoms with Gasteiger partial charge in [-0.25, -0.2) is 0 Å². The van der Waals surface area contributed by atoms with Crippen LogP contribution < -0.4 is 5.32 Å². The van der Waals surface area contributed by atoms with Crippen LogP contribution in [0.5, 0.6) is 0 Å². The minimum absolute atomic E-state index is 0.357. The predicted octanol–water partition coefficient (Wildman–Crippen LogP) is 1.67. The normalized spacial score (nSPS) is 25.3. The first-order valence-corrected chi connectivity index (χ1v) is 6.67. The van der Waals surface area contributed by atoms with E-state index in [1.54, 1.807) is 0 Å². The summed E-state index contributed by atoms with van der Waals surface area (Å²) < 4.78 is 5.24. The van der Waals surface area contributed by atoms with E-state index in [9.17, 15) is 5.11 Å². The molecule has 0 radical (unpaired) electrons. The minimum atomic E-state index is -0.667. The van der Waals surface area contributed by atoms with E-state index in [4.69, 9.17) is 4.74 Å². The lowest BCUT2D eigenvalue weighted by Crippen LogP contribution is -2.44. The van der Waals surface area contributed by atoms with Crippen molar-refractivity contribution in [3.63, 3.8) is 0 Å². The molecule has 18 heavy (non-hydrogen) atoms. The highest BCUT2D eigenvalue weighted by molar-refractivity contribution is 5.26. The van der Waals surface area contributed by atoms with Crippen molar-refractivity contribution in [1.82, 2.24) is 5.32 Å². The summed E-state index contributed by atoms with van der Waals surface area (Å²) in [5.41, 5.74) is 2.03. The van der Waals surface area contributed by atoms with Gasteiger partial charge in [-0.2, -0.15) is 0 Å². The van der Waals surface area contributed by atoms with Crippen molar-refractivity contribution in [3.05, 3.63) is 35.4 Å². The van der Waals surface area contributed by atoms with Crippen LogP contribution in [0.1, 0.15) is 24.5 Å². The van der Waals surface area contributed by atoms with E-state index in [1.807, 2.05) is 0 Å². The second-order valence-electron chi connectivity index (χ2n) is 5.44. The van der Waals surface area contributed by atoms with Gasteiger partial charge in [-0.3, -0.25) is 0 Å². The molecule has 0 spiro atoms. The second-order valence-corrected chi connectivity index (χ2v) is 5.44. The third kappa shape index (κ3) is 3.55. The fourth-order valence-corrected chi connectivity index (χ4v) is 2.34. The average molecular weight is 249 g/mol. The highest BCUT2D eigenvalue weighted by atomic mass is 16.5. The molecule has 1 heterocycles. The van der Waals surface area contributed by atoms with Crippen LogP contribution in [0.15, 0.2) is 24.3 Å². The van der Waals surface area contributed by atoms with Gasteiger partial charge in [-0.1, -0.05) is 24.3 Å². The maximum absolute atomic E-state index is 10.2. The van der Waals surface area contributed by atoms with Crippen molar-refractivity contribution in [2.75, 3.05) is 19.8 Å². The van der Waals surface area contributed by atoms with Crippen molar-refractivity contribution in [1.29, 1.82) is 0 Å². The molecular weight excluding hydrogens is 226 g/mol. The molecule has 2 rings (SSSR count). The van der Waals surface area contributed by atoms with Crippen molar-refractivity contribution in [2.45, 2.75) is 38.3 Å². The fraction of sp³-hybridized carbons (Fsp3) is 0.600. The number of benzene rings is 1. The summed E-state index contributed by atoms with van der Waals surface area (Å²) >= 11 is 0.